The lowest BCUT2D eigenvalue weighted by Gasteiger charge is -2.37. The second-order valence-electron chi connectivity index (χ2n) is 10.9. The Morgan fingerprint density at radius 1 is 0.581 bits per heavy atom. The molecule has 7 rings (SSSR count). The van der Waals surface area contributed by atoms with Crippen LogP contribution >= 0.6 is 11.9 Å². The molecule has 0 saturated heterocycles. The maximum Gasteiger partial charge on any atom is 0.121 e. The highest BCUT2D eigenvalue weighted by atomic mass is 32.2. The maximum atomic E-state index is 5.02. The number of benzene rings is 5. The van der Waals surface area contributed by atoms with Gasteiger partial charge in [0.25, 0.3) is 0 Å². The number of para-hydroxylation sites is 1. The fraction of sp³-hybridized carbons (Fsp3) is 0.132. The minimum atomic E-state index is -0.556. The molecule has 1 aromatic heterocycles. The highest BCUT2D eigenvalue weighted by Gasteiger charge is 2.38. The fourth-order valence-corrected chi connectivity index (χ4v) is 7.29. The highest BCUT2D eigenvalue weighted by molar-refractivity contribution is 7.97. The van der Waals surface area contributed by atoms with Gasteiger partial charge in [-0.2, -0.15) is 0 Å². The number of nitrogens with zero attached hydrogens (tertiary/aromatic N) is 4. The van der Waals surface area contributed by atoms with Crippen molar-refractivity contribution in [3.8, 4) is 0 Å². The Kier molecular flexibility index (Phi) is 7.82. The minimum absolute atomic E-state index is 0.556. The van der Waals surface area contributed by atoms with Crippen molar-refractivity contribution in [1.82, 2.24) is 13.9 Å². The van der Waals surface area contributed by atoms with E-state index in [0.717, 1.165) is 31.9 Å². The molecule has 0 N–H and O–H groups in total. The summed E-state index contributed by atoms with van der Waals surface area (Å²) in [5.74, 6) is 0. The molecule has 6 aromatic rings. The molecule has 0 radical (unpaired) electrons. The van der Waals surface area contributed by atoms with Gasteiger partial charge in [0.1, 0.15) is 5.54 Å². The smallest absolute Gasteiger partial charge is 0.121 e. The third kappa shape index (κ3) is 5.50. The molecule has 0 aliphatic carbocycles. The van der Waals surface area contributed by atoms with Crippen molar-refractivity contribution < 1.29 is 0 Å². The first kappa shape index (κ1) is 27.3. The van der Waals surface area contributed by atoms with Gasteiger partial charge in [0.2, 0.25) is 0 Å². The van der Waals surface area contributed by atoms with E-state index >= 15 is 0 Å². The minimum Gasteiger partial charge on any atom is -0.365 e. The van der Waals surface area contributed by atoms with Gasteiger partial charge in [-0.25, -0.2) is 9.29 Å². The molecular formula is C38H34N4S. The average Bonchev–Trinajstić information content (AvgIpc) is 3.47. The molecule has 0 bridgehead atoms. The Labute approximate surface area is 258 Å². The summed E-state index contributed by atoms with van der Waals surface area (Å²) in [5, 5.41) is 0. The van der Waals surface area contributed by atoms with Crippen molar-refractivity contribution in [2.24, 2.45) is 0 Å². The lowest BCUT2D eigenvalue weighted by molar-refractivity contribution is 0.465. The van der Waals surface area contributed by atoms with Crippen molar-refractivity contribution in [3.05, 3.63) is 186 Å². The van der Waals surface area contributed by atoms with Gasteiger partial charge in [-0.05, 0) is 46.3 Å². The van der Waals surface area contributed by atoms with Gasteiger partial charge in [0.05, 0.1) is 24.3 Å². The van der Waals surface area contributed by atoms with Gasteiger partial charge in [0.15, 0.2) is 0 Å². The molecule has 43 heavy (non-hydrogen) atoms. The number of hydrogen-bond donors (Lipinski definition) is 0. The molecule has 5 aromatic carbocycles. The van der Waals surface area contributed by atoms with Crippen LogP contribution in [0.4, 0.5) is 5.69 Å². The van der Waals surface area contributed by atoms with Gasteiger partial charge < -0.3 is 9.47 Å². The zero-order chi connectivity index (χ0) is 28.9. The van der Waals surface area contributed by atoms with Crippen LogP contribution in [0.3, 0.4) is 0 Å². The molecule has 5 heteroatoms. The molecule has 4 nitrogen and oxygen atoms in total. The predicted octanol–water partition coefficient (Wildman–Crippen LogP) is 8.25. The summed E-state index contributed by atoms with van der Waals surface area (Å²) < 4.78 is 4.76. The van der Waals surface area contributed by atoms with Gasteiger partial charge >= 0.3 is 0 Å². The Morgan fingerprint density at radius 3 is 1.72 bits per heavy atom. The van der Waals surface area contributed by atoms with Crippen LogP contribution in [-0.2, 0) is 18.6 Å². The number of anilines is 1. The monoisotopic (exact) mass is 578 g/mol. The quantitative estimate of drug-likeness (QED) is 0.134. The molecule has 1 aliphatic rings. The van der Waals surface area contributed by atoms with Crippen molar-refractivity contribution in [2.75, 3.05) is 18.0 Å². The van der Waals surface area contributed by atoms with Crippen LogP contribution in [-0.4, -0.2) is 26.9 Å². The van der Waals surface area contributed by atoms with Crippen LogP contribution in [0.15, 0.2) is 163 Å². The topological polar surface area (TPSA) is 24.3 Å². The lowest BCUT2D eigenvalue weighted by atomic mass is 9.77. The van der Waals surface area contributed by atoms with E-state index in [4.69, 9.17) is 4.98 Å². The Bertz CT molecular complexity index is 1660. The van der Waals surface area contributed by atoms with E-state index in [-0.39, 0.29) is 0 Å². The summed E-state index contributed by atoms with van der Waals surface area (Å²) in [5.41, 5.74) is 6.71. The number of rotatable bonds is 8. The van der Waals surface area contributed by atoms with E-state index < -0.39 is 5.54 Å². The second-order valence-corrected chi connectivity index (χ2v) is 12.0. The van der Waals surface area contributed by atoms with Gasteiger partial charge in [-0.3, -0.25) is 0 Å². The largest absolute Gasteiger partial charge is 0.365 e. The molecule has 0 amide bonds. The van der Waals surface area contributed by atoms with Crippen LogP contribution in [0.5, 0.6) is 0 Å². The summed E-state index contributed by atoms with van der Waals surface area (Å²) in [6.07, 6.45) is 4.26. The van der Waals surface area contributed by atoms with Crippen LogP contribution in [0.25, 0.3) is 0 Å². The van der Waals surface area contributed by atoms with Crippen molar-refractivity contribution in [3.63, 3.8) is 0 Å². The van der Waals surface area contributed by atoms with E-state index in [2.05, 4.69) is 166 Å². The van der Waals surface area contributed by atoms with Crippen LogP contribution in [0, 0.1) is 0 Å². The van der Waals surface area contributed by atoms with Crippen LogP contribution in [0.2, 0.25) is 0 Å². The Balaban J connectivity index is 1.23. The summed E-state index contributed by atoms with van der Waals surface area (Å²) >= 11 is 1.84. The first-order valence-corrected chi connectivity index (χ1v) is 15.6. The molecule has 0 fully saturated rings. The average molecular weight is 579 g/mol. The van der Waals surface area contributed by atoms with E-state index in [9.17, 15) is 0 Å². The molecule has 0 spiro atoms. The number of imidazole rings is 1. The first-order chi connectivity index (χ1) is 21.3. The number of aromatic nitrogens is 2. The summed E-state index contributed by atoms with van der Waals surface area (Å²) in [6.45, 7) is 3.52. The SMILES string of the molecule is c1ccc(CN2CCN(Cc3cn(C(c4ccccc4)(c4ccccc4)c4ccccc4)cn3)Sc3ccccc32)cc1. The number of hydrogen-bond acceptors (Lipinski definition) is 4. The van der Waals surface area contributed by atoms with Crippen molar-refractivity contribution >= 4 is 17.6 Å². The van der Waals surface area contributed by atoms with E-state index in [1.807, 2.05) is 18.3 Å². The highest BCUT2D eigenvalue weighted by Crippen LogP contribution is 2.41. The third-order valence-corrected chi connectivity index (χ3v) is 9.32. The zero-order valence-electron chi connectivity index (χ0n) is 24.0. The maximum absolute atomic E-state index is 5.02. The molecule has 212 valence electrons. The molecular weight excluding hydrogens is 545 g/mol. The van der Waals surface area contributed by atoms with Gasteiger partial charge in [-0.15, -0.1) is 0 Å². The summed E-state index contributed by atoms with van der Waals surface area (Å²) in [4.78, 5) is 8.80. The zero-order valence-corrected chi connectivity index (χ0v) is 24.9. The summed E-state index contributed by atoms with van der Waals surface area (Å²) in [7, 11) is 0. The molecule has 2 heterocycles. The van der Waals surface area contributed by atoms with E-state index in [1.54, 1.807) is 0 Å². The van der Waals surface area contributed by atoms with E-state index in [1.165, 1.54) is 32.8 Å². The first-order valence-electron chi connectivity index (χ1n) is 14.8. The Morgan fingerprint density at radius 2 is 1.12 bits per heavy atom. The van der Waals surface area contributed by atoms with Crippen LogP contribution < -0.4 is 4.90 Å². The molecule has 0 atom stereocenters. The summed E-state index contributed by atoms with van der Waals surface area (Å²) in [6, 6.07) is 51.9. The normalized spacial score (nSPS) is 13.8. The van der Waals surface area contributed by atoms with E-state index in [0.29, 0.717) is 0 Å². The van der Waals surface area contributed by atoms with Crippen LogP contribution in [0.1, 0.15) is 27.9 Å². The lowest BCUT2D eigenvalue weighted by Crippen LogP contribution is -2.37. The molecule has 1 aliphatic heterocycles. The second kappa shape index (κ2) is 12.3. The predicted molar refractivity (Wildman–Crippen MR) is 177 cm³/mol. The molecule has 0 unspecified atom stereocenters. The van der Waals surface area contributed by atoms with Crippen molar-refractivity contribution in [2.45, 2.75) is 23.5 Å². The fourth-order valence-electron chi connectivity index (χ4n) is 6.21. The molecule has 0 saturated carbocycles. The Hall–Kier alpha value is -4.58. The van der Waals surface area contributed by atoms with Gasteiger partial charge in [-0.1, -0.05) is 133 Å². The third-order valence-electron chi connectivity index (χ3n) is 8.21. The standard InChI is InChI=1S/C38H34N4S/c1-5-15-31(16-6-1)27-40-25-26-42(43-37-24-14-13-23-36(37)40)29-35-28-41(30-39-35)38(32-17-7-2-8-18-32,33-19-9-3-10-20-33)34-21-11-4-12-22-34/h1-24,28,30H,25-27,29H2. The van der Waals surface area contributed by atoms with Gasteiger partial charge in [0, 0.05) is 30.7 Å². The number of fused-ring (bicyclic) bond motifs is 1. The van der Waals surface area contributed by atoms with Crippen molar-refractivity contribution in [1.29, 1.82) is 0 Å².